The van der Waals surface area contributed by atoms with Gasteiger partial charge in [0.15, 0.2) is 5.76 Å². The first-order chi connectivity index (χ1) is 11.3. The van der Waals surface area contributed by atoms with Crippen molar-refractivity contribution in [3.05, 3.63) is 52.3 Å². The first-order valence-electron chi connectivity index (χ1n) is 7.45. The number of benzene rings is 1. The van der Waals surface area contributed by atoms with Crippen molar-refractivity contribution in [2.75, 3.05) is 11.0 Å². The van der Waals surface area contributed by atoms with Gasteiger partial charge in [0.05, 0.1) is 6.26 Å². The number of anilines is 1. The molecule has 0 amide bonds. The molecule has 0 fully saturated rings. The molecule has 0 atom stereocenters. The van der Waals surface area contributed by atoms with E-state index in [1.165, 1.54) is 0 Å². The molecular formula is C17H18N3O3SY-. The smallest absolute Gasteiger partial charge is 0.230 e. The van der Waals surface area contributed by atoms with E-state index >= 15 is 0 Å². The predicted molar refractivity (Wildman–Crippen MR) is 92.6 cm³/mol. The largest absolute Gasteiger partial charge is 0.359 e. The molecule has 0 saturated carbocycles. The monoisotopic (exact) mass is 433 g/mol. The molecule has 1 radical (unpaired) electrons. The van der Waals surface area contributed by atoms with E-state index < -0.39 is 10.0 Å². The Kier molecular flexibility index (Phi) is 6.02. The minimum Gasteiger partial charge on any atom is -0.359 e. The van der Waals surface area contributed by atoms with Gasteiger partial charge in [0.25, 0.3) is 0 Å². The molecule has 0 aliphatic carbocycles. The molecule has 1 aromatic carbocycles. The van der Waals surface area contributed by atoms with E-state index in [1.54, 1.807) is 6.92 Å². The number of fused-ring (bicyclic) bond motifs is 1. The average molecular weight is 433 g/mol. The van der Waals surface area contributed by atoms with Gasteiger partial charge in [-0.15, -0.1) is 0 Å². The second-order valence-electron chi connectivity index (χ2n) is 5.90. The number of hydrogen-bond acceptors (Lipinski definition) is 5. The number of nitrogens with zero attached hydrogens (tertiary/aromatic N) is 2. The van der Waals surface area contributed by atoms with Crippen LogP contribution in [-0.2, 0) is 49.2 Å². The molecule has 3 aromatic rings. The summed E-state index contributed by atoms with van der Waals surface area (Å²) in [6, 6.07) is 8.75. The standard InChI is InChI=1S/C17H18N3O3S.Y/c1-10-7-5-6-8-13(10)9-14-11(2)15-16(12(3)23-19-15)18-17(14)20-24(4,21)22;/h6-8H,9H2,1-4H3,(H,18,20);/q-1;. The maximum absolute atomic E-state index is 11.7. The van der Waals surface area contributed by atoms with E-state index in [0.29, 0.717) is 29.0 Å². The van der Waals surface area contributed by atoms with Gasteiger partial charge in [0.1, 0.15) is 16.9 Å². The van der Waals surface area contributed by atoms with Gasteiger partial charge in [-0.3, -0.25) is 4.72 Å². The molecule has 0 bridgehead atoms. The third kappa shape index (κ3) is 4.27. The van der Waals surface area contributed by atoms with Crippen LogP contribution in [0.1, 0.15) is 28.0 Å². The van der Waals surface area contributed by atoms with Crippen LogP contribution in [0.25, 0.3) is 11.0 Å². The van der Waals surface area contributed by atoms with Crippen molar-refractivity contribution in [1.29, 1.82) is 0 Å². The maximum atomic E-state index is 11.7. The normalized spacial score (nSPS) is 11.4. The summed E-state index contributed by atoms with van der Waals surface area (Å²) in [4.78, 5) is 4.45. The molecule has 129 valence electrons. The summed E-state index contributed by atoms with van der Waals surface area (Å²) in [7, 11) is -3.45. The van der Waals surface area contributed by atoms with Crippen molar-refractivity contribution in [3.63, 3.8) is 0 Å². The number of hydrogen-bond donors (Lipinski definition) is 1. The molecule has 6 nitrogen and oxygen atoms in total. The molecule has 3 rings (SSSR count). The summed E-state index contributed by atoms with van der Waals surface area (Å²) >= 11 is 0. The molecule has 2 aromatic heterocycles. The second kappa shape index (κ2) is 7.52. The molecule has 0 unspecified atom stereocenters. The molecule has 25 heavy (non-hydrogen) atoms. The van der Waals surface area contributed by atoms with Crippen LogP contribution in [-0.4, -0.2) is 24.8 Å². The third-order valence-corrected chi connectivity index (χ3v) is 4.55. The van der Waals surface area contributed by atoms with E-state index in [0.717, 1.165) is 28.5 Å². The van der Waals surface area contributed by atoms with Gasteiger partial charge in [-0.25, -0.2) is 13.4 Å². The van der Waals surface area contributed by atoms with Crippen LogP contribution in [0.3, 0.4) is 0 Å². The minimum absolute atomic E-state index is 0. The van der Waals surface area contributed by atoms with Crippen LogP contribution in [0.5, 0.6) is 0 Å². The van der Waals surface area contributed by atoms with Gasteiger partial charge >= 0.3 is 0 Å². The Hall–Kier alpha value is -1.31. The number of aromatic nitrogens is 2. The van der Waals surface area contributed by atoms with E-state index in [2.05, 4.69) is 20.9 Å². The molecule has 2 heterocycles. The summed E-state index contributed by atoms with van der Waals surface area (Å²) in [6.07, 6.45) is 1.65. The van der Waals surface area contributed by atoms with Crippen LogP contribution in [0.15, 0.2) is 22.7 Å². The van der Waals surface area contributed by atoms with Crippen LogP contribution in [0.4, 0.5) is 5.82 Å². The summed E-state index contributed by atoms with van der Waals surface area (Å²) < 4.78 is 31.2. The SMILES string of the molecule is Cc1c[c-]ccc1Cc1c(NS(C)(=O)=O)nc2c(C)onc2c1C.[Y]. The summed E-state index contributed by atoms with van der Waals surface area (Å²) in [5, 5.41) is 4.06. The Morgan fingerprint density at radius 3 is 2.60 bits per heavy atom. The fourth-order valence-corrected chi connectivity index (χ4v) is 3.18. The van der Waals surface area contributed by atoms with Crippen molar-refractivity contribution in [3.8, 4) is 0 Å². The quantitative estimate of drug-likeness (QED) is 0.640. The zero-order chi connectivity index (χ0) is 17.5. The van der Waals surface area contributed by atoms with Crippen molar-refractivity contribution < 1.29 is 45.7 Å². The van der Waals surface area contributed by atoms with Crippen molar-refractivity contribution in [1.82, 2.24) is 10.1 Å². The topological polar surface area (TPSA) is 85.1 Å². The summed E-state index contributed by atoms with van der Waals surface area (Å²) in [6.45, 7) is 5.65. The van der Waals surface area contributed by atoms with Gasteiger partial charge in [0, 0.05) is 38.3 Å². The zero-order valence-electron chi connectivity index (χ0n) is 14.5. The molecule has 0 aliphatic rings. The summed E-state index contributed by atoms with van der Waals surface area (Å²) in [5.74, 6) is 0.878. The number of pyridine rings is 1. The Morgan fingerprint density at radius 1 is 1.24 bits per heavy atom. The Balaban J connectivity index is 0.00000225. The maximum Gasteiger partial charge on any atom is 0.230 e. The first kappa shape index (κ1) is 20.0. The number of aryl methyl sites for hydroxylation is 3. The van der Waals surface area contributed by atoms with E-state index in [4.69, 9.17) is 4.52 Å². The predicted octanol–water partition coefficient (Wildman–Crippen LogP) is 2.91. The summed E-state index contributed by atoms with van der Waals surface area (Å²) in [5.41, 5.74) is 5.03. The van der Waals surface area contributed by atoms with E-state index in [1.807, 2.05) is 32.0 Å². The van der Waals surface area contributed by atoms with Crippen molar-refractivity contribution in [2.45, 2.75) is 27.2 Å². The van der Waals surface area contributed by atoms with Gasteiger partial charge in [-0.2, -0.15) is 35.4 Å². The fraction of sp³-hybridized carbons (Fsp3) is 0.294. The Morgan fingerprint density at radius 2 is 1.96 bits per heavy atom. The van der Waals surface area contributed by atoms with Crippen LogP contribution in [0.2, 0.25) is 0 Å². The van der Waals surface area contributed by atoms with Crippen molar-refractivity contribution in [2.24, 2.45) is 0 Å². The Bertz CT molecular complexity index is 1030. The van der Waals surface area contributed by atoms with Crippen LogP contribution >= 0.6 is 0 Å². The minimum atomic E-state index is -3.45. The first-order valence-corrected chi connectivity index (χ1v) is 9.34. The second-order valence-corrected chi connectivity index (χ2v) is 7.65. The molecule has 0 saturated heterocycles. The molecule has 0 spiro atoms. The zero-order valence-corrected chi connectivity index (χ0v) is 18.2. The van der Waals surface area contributed by atoms with Gasteiger partial charge in [-0.05, 0) is 25.8 Å². The molecule has 8 heteroatoms. The van der Waals surface area contributed by atoms with Crippen LogP contribution < -0.4 is 4.72 Å². The Labute approximate surface area is 172 Å². The fourth-order valence-electron chi connectivity index (χ4n) is 2.66. The average Bonchev–Trinajstić information content (AvgIpc) is 2.85. The van der Waals surface area contributed by atoms with Crippen molar-refractivity contribution >= 4 is 26.9 Å². The van der Waals surface area contributed by atoms with Crippen LogP contribution in [0, 0.1) is 26.8 Å². The van der Waals surface area contributed by atoms with E-state index in [9.17, 15) is 8.42 Å². The number of nitrogens with one attached hydrogen (secondary N) is 1. The van der Waals surface area contributed by atoms with Gasteiger partial charge in [-0.1, -0.05) is 12.1 Å². The van der Waals surface area contributed by atoms with Gasteiger partial charge in [0.2, 0.25) is 10.0 Å². The third-order valence-electron chi connectivity index (χ3n) is 3.99. The number of rotatable bonds is 4. The van der Waals surface area contributed by atoms with Gasteiger partial charge < -0.3 is 4.52 Å². The molecule has 1 N–H and O–H groups in total. The number of sulfonamides is 1. The molecular weight excluding hydrogens is 415 g/mol. The van der Waals surface area contributed by atoms with E-state index in [-0.39, 0.29) is 32.7 Å². The molecule has 0 aliphatic heterocycles.